The third-order valence-electron chi connectivity index (χ3n) is 8.03. The molecule has 1 aliphatic heterocycles. The lowest BCUT2D eigenvalue weighted by Crippen LogP contribution is -2.35. The van der Waals surface area contributed by atoms with E-state index in [2.05, 4.69) is 84.8 Å². The Morgan fingerprint density at radius 3 is 2.14 bits per heavy atom. The van der Waals surface area contributed by atoms with Gasteiger partial charge in [0.1, 0.15) is 0 Å². The third-order valence-corrected chi connectivity index (χ3v) is 8.03. The minimum atomic E-state index is -0.286. The largest absolute Gasteiger partial charge is 0.379 e. The van der Waals surface area contributed by atoms with Crippen molar-refractivity contribution >= 4 is 28.2 Å². The molecule has 0 aliphatic carbocycles. The molecule has 0 atom stereocenters. The first kappa shape index (κ1) is 28.6. The van der Waals surface area contributed by atoms with E-state index >= 15 is 0 Å². The van der Waals surface area contributed by atoms with E-state index < -0.39 is 0 Å². The summed E-state index contributed by atoms with van der Waals surface area (Å²) in [6.45, 7) is 10.9. The number of nitrogens with zero attached hydrogens (tertiary/aromatic N) is 2. The zero-order valence-corrected chi connectivity index (χ0v) is 25.1. The fourth-order valence-electron chi connectivity index (χ4n) is 5.60. The molecular formula is C37H38N4O2. The summed E-state index contributed by atoms with van der Waals surface area (Å²) in [7, 11) is 0. The SMILES string of the molecule is CC(C)(C)c1ccc(-c2ccccc2NC(=O)Nc2ccc(-c3ccc(CN4CCOCC4)nc3)c3ccccc23)cc1. The number of hydrogen-bond donors (Lipinski definition) is 2. The van der Waals surface area contributed by atoms with Gasteiger partial charge in [0, 0.05) is 42.3 Å². The summed E-state index contributed by atoms with van der Waals surface area (Å²) in [5.74, 6) is 0. The average Bonchev–Trinajstić information content (AvgIpc) is 3.02. The van der Waals surface area contributed by atoms with Gasteiger partial charge in [-0.25, -0.2) is 4.79 Å². The molecule has 1 saturated heterocycles. The molecule has 0 spiro atoms. The van der Waals surface area contributed by atoms with E-state index in [-0.39, 0.29) is 11.4 Å². The summed E-state index contributed by atoms with van der Waals surface area (Å²) in [5.41, 5.74) is 8.07. The molecule has 0 radical (unpaired) electrons. The summed E-state index contributed by atoms with van der Waals surface area (Å²) in [4.78, 5) is 20.4. The smallest absolute Gasteiger partial charge is 0.323 e. The number of hydrogen-bond acceptors (Lipinski definition) is 4. The van der Waals surface area contributed by atoms with Crippen molar-refractivity contribution in [3.8, 4) is 22.3 Å². The van der Waals surface area contributed by atoms with Crippen LogP contribution in [-0.4, -0.2) is 42.2 Å². The van der Waals surface area contributed by atoms with E-state index in [9.17, 15) is 4.79 Å². The van der Waals surface area contributed by atoms with Gasteiger partial charge in [0.05, 0.1) is 30.3 Å². The zero-order chi connectivity index (χ0) is 29.8. The number of benzene rings is 4. The molecule has 6 rings (SSSR count). The van der Waals surface area contributed by atoms with Gasteiger partial charge in [-0.2, -0.15) is 0 Å². The van der Waals surface area contributed by atoms with Crippen molar-refractivity contribution in [2.45, 2.75) is 32.7 Å². The van der Waals surface area contributed by atoms with Crippen molar-refractivity contribution in [2.24, 2.45) is 0 Å². The Morgan fingerprint density at radius 2 is 1.42 bits per heavy atom. The van der Waals surface area contributed by atoms with Crippen LogP contribution in [0, 0.1) is 0 Å². The summed E-state index contributed by atoms with van der Waals surface area (Å²) in [6, 6.07) is 32.6. The highest BCUT2D eigenvalue weighted by molar-refractivity contribution is 6.10. The van der Waals surface area contributed by atoms with Crippen LogP contribution in [0.2, 0.25) is 0 Å². The number of aromatic nitrogens is 1. The van der Waals surface area contributed by atoms with Crippen LogP contribution in [0.25, 0.3) is 33.0 Å². The third kappa shape index (κ3) is 6.61. The highest BCUT2D eigenvalue weighted by Gasteiger charge is 2.16. The Balaban J connectivity index is 1.20. The van der Waals surface area contributed by atoms with Crippen LogP contribution in [0.15, 0.2) is 103 Å². The lowest BCUT2D eigenvalue weighted by molar-refractivity contribution is 0.0336. The molecule has 43 heavy (non-hydrogen) atoms. The molecule has 4 aromatic carbocycles. The van der Waals surface area contributed by atoms with Crippen molar-refractivity contribution in [1.82, 2.24) is 9.88 Å². The molecule has 0 bridgehead atoms. The topological polar surface area (TPSA) is 66.5 Å². The monoisotopic (exact) mass is 570 g/mol. The second-order valence-electron chi connectivity index (χ2n) is 12.1. The summed E-state index contributed by atoms with van der Waals surface area (Å²) < 4.78 is 5.46. The van der Waals surface area contributed by atoms with Gasteiger partial charge < -0.3 is 15.4 Å². The molecule has 2 heterocycles. The molecule has 1 fully saturated rings. The molecule has 1 aromatic heterocycles. The maximum Gasteiger partial charge on any atom is 0.323 e. The van der Waals surface area contributed by atoms with Crippen LogP contribution in [-0.2, 0) is 16.7 Å². The van der Waals surface area contributed by atoms with Crippen molar-refractivity contribution in [1.29, 1.82) is 0 Å². The predicted molar refractivity (Wildman–Crippen MR) is 176 cm³/mol. The number of morpholine rings is 1. The van der Waals surface area contributed by atoms with Crippen LogP contribution in [0.1, 0.15) is 32.0 Å². The number of para-hydroxylation sites is 1. The summed E-state index contributed by atoms with van der Waals surface area (Å²) in [6.07, 6.45) is 1.95. The number of amides is 2. The highest BCUT2D eigenvalue weighted by Crippen LogP contribution is 2.34. The van der Waals surface area contributed by atoms with Gasteiger partial charge in [-0.3, -0.25) is 9.88 Å². The number of pyridine rings is 1. The molecule has 1 aliphatic rings. The first-order chi connectivity index (χ1) is 20.8. The predicted octanol–water partition coefficient (Wildman–Crippen LogP) is 8.34. The maximum atomic E-state index is 13.3. The zero-order valence-electron chi connectivity index (χ0n) is 25.1. The standard InChI is InChI=1S/C37H38N4O2/c1-37(2,3)28-15-12-26(13-16-28)31-8-6-7-11-34(31)39-36(42)40-35-19-18-30(32-9-4-5-10-33(32)35)27-14-17-29(38-24-27)25-41-20-22-43-23-21-41/h4-19,24H,20-23,25H2,1-3H3,(H2,39,40,42). The number of ether oxygens (including phenoxy) is 1. The van der Waals surface area contributed by atoms with E-state index in [4.69, 9.17) is 9.72 Å². The van der Waals surface area contributed by atoms with Crippen molar-refractivity contribution in [2.75, 3.05) is 36.9 Å². The Hall–Kier alpha value is -4.52. The lowest BCUT2D eigenvalue weighted by atomic mass is 9.86. The van der Waals surface area contributed by atoms with Crippen molar-refractivity contribution in [3.05, 3.63) is 115 Å². The number of rotatable bonds is 6. The molecule has 2 amide bonds. The minimum Gasteiger partial charge on any atom is -0.379 e. The second-order valence-corrected chi connectivity index (χ2v) is 12.1. The Kier molecular flexibility index (Phi) is 8.23. The lowest BCUT2D eigenvalue weighted by Gasteiger charge is -2.26. The number of anilines is 2. The number of carbonyl (C=O) groups excluding carboxylic acids is 1. The van der Waals surface area contributed by atoms with E-state index in [1.165, 1.54) is 5.56 Å². The molecule has 0 unspecified atom stereocenters. The molecule has 5 aromatic rings. The van der Waals surface area contributed by atoms with E-state index in [0.29, 0.717) is 0 Å². The molecule has 2 N–H and O–H groups in total. The number of nitrogens with one attached hydrogen (secondary N) is 2. The normalized spacial score (nSPS) is 14.0. The van der Waals surface area contributed by atoms with Crippen LogP contribution in [0.3, 0.4) is 0 Å². The Labute approximate surface area is 253 Å². The number of fused-ring (bicyclic) bond motifs is 1. The Bertz CT molecular complexity index is 1720. The van der Waals surface area contributed by atoms with Gasteiger partial charge in [0.2, 0.25) is 0 Å². The molecule has 6 heteroatoms. The molecular weight excluding hydrogens is 532 g/mol. The van der Waals surface area contributed by atoms with Gasteiger partial charge in [0.15, 0.2) is 0 Å². The van der Waals surface area contributed by atoms with Gasteiger partial charge in [-0.1, -0.05) is 99.6 Å². The first-order valence-electron chi connectivity index (χ1n) is 14.9. The van der Waals surface area contributed by atoms with E-state index in [1.807, 2.05) is 54.7 Å². The minimum absolute atomic E-state index is 0.0809. The van der Waals surface area contributed by atoms with Crippen LogP contribution in [0.4, 0.5) is 16.2 Å². The van der Waals surface area contributed by atoms with Crippen molar-refractivity contribution < 1.29 is 9.53 Å². The van der Waals surface area contributed by atoms with Crippen LogP contribution in [0.5, 0.6) is 0 Å². The van der Waals surface area contributed by atoms with Crippen molar-refractivity contribution in [3.63, 3.8) is 0 Å². The van der Waals surface area contributed by atoms with Gasteiger partial charge in [-0.15, -0.1) is 0 Å². The van der Waals surface area contributed by atoms with E-state index in [1.54, 1.807) is 0 Å². The van der Waals surface area contributed by atoms with Gasteiger partial charge in [-0.05, 0) is 45.7 Å². The summed E-state index contributed by atoms with van der Waals surface area (Å²) in [5, 5.41) is 8.20. The van der Waals surface area contributed by atoms with E-state index in [0.717, 1.165) is 82.9 Å². The fourth-order valence-corrected chi connectivity index (χ4v) is 5.60. The molecule has 6 nitrogen and oxygen atoms in total. The van der Waals surface area contributed by atoms with Crippen LogP contribution < -0.4 is 10.6 Å². The average molecular weight is 571 g/mol. The Morgan fingerprint density at radius 1 is 0.744 bits per heavy atom. The molecule has 0 saturated carbocycles. The summed E-state index contributed by atoms with van der Waals surface area (Å²) >= 11 is 0. The van der Waals surface area contributed by atoms with Gasteiger partial charge in [0.25, 0.3) is 0 Å². The fraction of sp³-hybridized carbons (Fsp3) is 0.243. The number of carbonyl (C=O) groups is 1. The maximum absolute atomic E-state index is 13.3. The van der Waals surface area contributed by atoms with Gasteiger partial charge >= 0.3 is 6.03 Å². The quantitative estimate of drug-likeness (QED) is 0.215. The van der Waals surface area contributed by atoms with Crippen LogP contribution >= 0.6 is 0 Å². The highest BCUT2D eigenvalue weighted by atomic mass is 16.5. The number of urea groups is 1. The molecule has 218 valence electrons. The second kappa shape index (κ2) is 12.4. The first-order valence-corrected chi connectivity index (χ1v) is 14.9.